The summed E-state index contributed by atoms with van der Waals surface area (Å²) in [5, 5.41) is 4.96. The van der Waals surface area contributed by atoms with Gasteiger partial charge in [-0.15, -0.1) is 0 Å². The summed E-state index contributed by atoms with van der Waals surface area (Å²) in [5.74, 6) is 0.189. The van der Waals surface area contributed by atoms with Crippen molar-refractivity contribution in [3.05, 3.63) is 0 Å². The number of piperidine rings is 1. The van der Waals surface area contributed by atoms with Crippen LogP contribution in [-0.2, 0) is 4.79 Å². The summed E-state index contributed by atoms with van der Waals surface area (Å²) in [4.78, 5) is 25.1. The molecule has 0 spiro atoms. The lowest BCUT2D eigenvalue weighted by Crippen LogP contribution is -2.48. The molecular weight excluding hydrogens is 244 g/mol. The summed E-state index contributed by atoms with van der Waals surface area (Å²) in [5.41, 5.74) is 5.90. The Labute approximate surface area is 115 Å². The first-order valence-electron chi connectivity index (χ1n) is 7.08. The number of rotatable bonds is 5. The number of nitrogens with zero attached hydrogens (tertiary/aromatic N) is 1. The van der Waals surface area contributed by atoms with E-state index < -0.39 is 6.03 Å². The first-order chi connectivity index (χ1) is 9.02. The number of urea groups is 1. The molecule has 1 aliphatic rings. The largest absolute Gasteiger partial charge is 0.338 e. The van der Waals surface area contributed by atoms with Crippen LogP contribution in [0.15, 0.2) is 0 Å². The molecule has 6 nitrogen and oxygen atoms in total. The van der Waals surface area contributed by atoms with Gasteiger partial charge < -0.3 is 11.1 Å². The smallest absolute Gasteiger partial charge is 0.321 e. The Morgan fingerprint density at radius 2 is 2.21 bits per heavy atom. The first kappa shape index (κ1) is 15.9. The average molecular weight is 270 g/mol. The predicted molar refractivity (Wildman–Crippen MR) is 74.6 cm³/mol. The van der Waals surface area contributed by atoms with Crippen molar-refractivity contribution in [2.45, 2.75) is 39.2 Å². The Morgan fingerprint density at radius 1 is 1.47 bits per heavy atom. The highest BCUT2D eigenvalue weighted by Gasteiger charge is 2.24. The zero-order valence-electron chi connectivity index (χ0n) is 11.9. The molecule has 4 N–H and O–H groups in total. The second-order valence-corrected chi connectivity index (χ2v) is 5.30. The molecule has 1 rings (SSSR count). The van der Waals surface area contributed by atoms with Crippen molar-refractivity contribution in [2.24, 2.45) is 11.7 Å². The molecule has 0 aromatic heterocycles. The van der Waals surface area contributed by atoms with Gasteiger partial charge in [-0.05, 0) is 38.6 Å². The van der Waals surface area contributed by atoms with Crippen LogP contribution in [0.25, 0.3) is 0 Å². The third-order valence-corrected chi connectivity index (χ3v) is 3.44. The van der Waals surface area contributed by atoms with Gasteiger partial charge in [0.1, 0.15) is 0 Å². The molecule has 0 bridgehead atoms. The van der Waals surface area contributed by atoms with Crippen LogP contribution in [-0.4, -0.2) is 49.1 Å². The molecule has 3 amide bonds. The van der Waals surface area contributed by atoms with Crippen molar-refractivity contribution < 1.29 is 9.59 Å². The second-order valence-electron chi connectivity index (χ2n) is 5.30. The van der Waals surface area contributed by atoms with Crippen LogP contribution < -0.4 is 16.4 Å². The van der Waals surface area contributed by atoms with Crippen molar-refractivity contribution in [3.8, 4) is 0 Å². The maximum absolute atomic E-state index is 11.7. The fourth-order valence-electron chi connectivity index (χ4n) is 2.32. The fraction of sp³-hybridized carbons (Fsp3) is 0.846. The van der Waals surface area contributed by atoms with E-state index in [1.54, 1.807) is 0 Å². The Kier molecular flexibility index (Phi) is 6.80. The second kappa shape index (κ2) is 8.12. The van der Waals surface area contributed by atoms with E-state index in [9.17, 15) is 9.59 Å². The lowest BCUT2D eigenvalue weighted by molar-refractivity contribution is -0.121. The van der Waals surface area contributed by atoms with Gasteiger partial charge in [0.15, 0.2) is 0 Å². The summed E-state index contributed by atoms with van der Waals surface area (Å²) in [6.45, 7) is 6.55. The number of nitrogens with two attached hydrogens (primary N) is 1. The van der Waals surface area contributed by atoms with Crippen LogP contribution in [0.2, 0.25) is 0 Å². The van der Waals surface area contributed by atoms with Crippen molar-refractivity contribution >= 4 is 11.9 Å². The molecule has 2 unspecified atom stereocenters. The van der Waals surface area contributed by atoms with Gasteiger partial charge in [-0.25, -0.2) is 4.79 Å². The van der Waals surface area contributed by atoms with Gasteiger partial charge in [0.25, 0.3) is 0 Å². The zero-order chi connectivity index (χ0) is 14.3. The summed E-state index contributed by atoms with van der Waals surface area (Å²) >= 11 is 0. The minimum atomic E-state index is -0.410. The van der Waals surface area contributed by atoms with Gasteiger partial charge in [-0.3, -0.25) is 15.0 Å². The molecule has 1 saturated heterocycles. The normalized spacial score (nSPS) is 21.7. The Balaban J connectivity index is 2.29. The van der Waals surface area contributed by atoms with E-state index in [2.05, 4.69) is 15.5 Å². The number of nitrogens with one attached hydrogen (secondary N) is 2. The maximum Gasteiger partial charge on any atom is 0.321 e. The molecule has 1 heterocycles. The van der Waals surface area contributed by atoms with E-state index in [0.29, 0.717) is 12.5 Å². The average Bonchev–Trinajstić information content (AvgIpc) is 2.36. The Hall–Kier alpha value is -1.14. The van der Waals surface area contributed by atoms with Crippen molar-refractivity contribution in [1.82, 2.24) is 15.5 Å². The maximum atomic E-state index is 11.7. The highest BCUT2D eigenvalue weighted by atomic mass is 16.2. The van der Waals surface area contributed by atoms with Crippen molar-refractivity contribution in [2.75, 3.05) is 26.2 Å². The van der Waals surface area contributed by atoms with Crippen LogP contribution in [0.1, 0.15) is 33.1 Å². The number of imide groups is 1. The molecule has 19 heavy (non-hydrogen) atoms. The summed E-state index contributed by atoms with van der Waals surface area (Å²) in [6.07, 6.45) is 3.03. The van der Waals surface area contributed by atoms with E-state index in [4.69, 9.17) is 5.73 Å². The Bertz CT molecular complexity index is 307. The zero-order valence-corrected chi connectivity index (χ0v) is 11.9. The summed E-state index contributed by atoms with van der Waals surface area (Å²) < 4.78 is 0. The van der Waals surface area contributed by atoms with Gasteiger partial charge in [-0.1, -0.05) is 6.92 Å². The van der Waals surface area contributed by atoms with E-state index in [1.165, 1.54) is 0 Å². The molecule has 0 saturated carbocycles. The van der Waals surface area contributed by atoms with Gasteiger partial charge in [0.2, 0.25) is 5.91 Å². The molecule has 0 aromatic rings. The topological polar surface area (TPSA) is 87.5 Å². The van der Waals surface area contributed by atoms with Gasteiger partial charge in [-0.2, -0.15) is 0 Å². The van der Waals surface area contributed by atoms with Crippen molar-refractivity contribution in [1.29, 1.82) is 0 Å². The van der Waals surface area contributed by atoms with Crippen LogP contribution in [0.3, 0.4) is 0 Å². The minimum absolute atomic E-state index is 0.152. The van der Waals surface area contributed by atoms with Crippen LogP contribution in [0.4, 0.5) is 4.79 Å². The SMILES string of the molecule is CCCNC(=O)NC(=O)CN1CCCC(C(C)N)C1. The molecule has 110 valence electrons. The molecule has 0 aliphatic carbocycles. The number of hydrogen-bond donors (Lipinski definition) is 3. The quantitative estimate of drug-likeness (QED) is 0.669. The monoisotopic (exact) mass is 270 g/mol. The third kappa shape index (κ3) is 6.02. The lowest BCUT2D eigenvalue weighted by Gasteiger charge is -2.34. The van der Waals surface area contributed by atoms with Gasteiger partial charge in [0.05, 0.1) is 6.54 Å². The van der Waals surface area contributed by atoms with Crippen LogP contribution in [0.5, 0.6) is 0 Å². The summed E-state index contributed by atoms with van der Waals surface area (Å²) in [6, 6.07) is -0.258. The van der Waals surface area contributed by atoms with E-state index in [0.717, 1.165) is 32.4 Å². The molecule has 2 atom stereocenters. The first-order valence-corrected chi connectivity index (χ1v) is 7.08. The fourth-order valence-corrected chi connectivity index (χ4v) is 2.32. The molecule has 6 heteroatoms. The van der Waals surface area contributed by atoms with Crippen LogP contribution in [0, 0.1) is 5.92 Å². The lowest BCUT2D eigenvalue weighted by atomic mass is 9.92. The standard InChI is InChI=1S/C13H26N4O2/c1-3-6-15-13(19)16-12(18)9-17-7-4-5-11(8-17)10(2)14/h10-11H,3-9,14H2,1-2H3,(H2,15,16,18,19). The number of carbonyl (C=O) groups is 2. The molecule has 0 aromatic carbocycles. The number of amides is 3. The minimum Gasteiger partial charge on any atom is -0.338 e. The predicted octanol–water partition coefficient (Wildman–Crippen LogP) is 0.281. The van der Waals surface area contributed by atoms with E-state index in [-0.39, 0.29) is 18.5 Å². The number of hydrogen-bond acceptors (Lipinski definition) is 4. The molecular formula is C13H26N4O2. The van der Waals surface area contributed by atoms with E-state index in [1.807, 2.05) is 13.8 Å². The summed E-state index contributed by atoms with van der Waals surface area (Å²) in [7, 11) is 0. The van der Waals surface area contributed by atoms with Crippen LogP contribution >= 0.6 is 0 Å². The van der Waals surface area contributed by atoms with E-state index >= 15 is 0 Å². The Morgan fingerprint density at radius 3 is 2.84 bits per heavy atom. The highest BCUT2D eigenvalue weighted by molar-refractivity contribution is 5.95. The molecule has 1 aliphatic heterocycles. The highest BCUT2D eigenvalue weighted by Crippen LogP contribution is 2.18. The van der Waals surface area contributed by atoms with Gasteiger partial charge >= 0.3 is 6.03 Å². The van der Waals surface area contributed by atoms with Gasteiger partial charge in [0, 0.05) is 19.1 Å². The van der Waals surface area contributed by atoms with Crippen molar-refractivity contribution in [3.63, 3.8) is 0 Å². The molecule has 0 radical (unpaired) electrons. The third-order valence-electron chi connectivity index (χ3n) is 3.44. The number of likely N-dealkylation sites (tertiary alicyclic amines) is 1. The number of carbonyl (C=O) groups excluding carboxylic acids is 2. The molecule has 1 fully saturated rings.